The van der Waals surface area contributed by atoms with E-state index in [2.05, 4.69) is 10.3 Å². The van der Waals surface area contributed by atoms with Crippen molar-refractivity contribution in [1.82, 2.24) is 15.0 Å². The van der Waals surface area contributed by atoms with Gasteiger partial charge in [0.15, 0.2) is 5.69 Å². The molecular weight excluding hydrogens is 329 g/mol. The summed E-state index contributed by atoms with van der Waals surface area (Å²) in [5.41, 5.74) is 0.942. The Morgan fingerprint density at radius 1 is 1.08 bits per heavy atom. The zero-order chi connectivity index (χ0) is 18.0. The van der Waals surface area contributed by atoms with Gasteiger partial charge in [-0.15, -0.1) is 5.10 Å². The number of rotatable bonds is 5. The van der Waals surface area contributed by atoms with Crippen LogP contribution in [0.25, 0.3) is 16.9 Å². The molecule has 0 aliphatic rings. The van der Waals surface area contributed by atoms with E-state index in [9.17, 15) is 14.3 Å². The van der Waals surface area contributed by atoms with Gasteiger partial charge in [-0.05, 0) is 24.3 Å². The van der Waals surface area contributed by atoms with Gasteiger partial charge in [0.2, 0.25) is 0 Å². The Morgan fingerprint density at radius 2 is 1.68 bits per heavy atom. The lowest BCUT2D eigenvalue weighted by Gasteiger charge is -2.11. The van der Waals surface area contributed by atoms with Gasteiger partial charge in [0.25, 0.3) is 0 Å². The molecule has 0 radical (unpaired) electrons. The maximum atomic E-state index is 13.2. The number of carboxylic acid groups (broad SMARTS) is 1. The van der Waals surface area contributed by atoms with Gasteiger partial charge in [0.05, 0.1) is 19.9 Å². The van der Waals surface area contributed by atoms with Gasteiger partial charge >= 0.3 is 5.97 Å². The summed E-state index contributed by atoms with van der Waals surface area (Å²) in [7, 11) is 3.01. The molecule has 1 N–H and O–H groups in total. The van der Waals surface area contributed by atoms with Crippen molar-refractivity contribution >= 4 is 5.97 Å². The van der Waals surface area contributed by atoms with Crippen molar-refractivity contribution in [1.29, 1.82) is 0 Å². The third-order valence-corrected chi connectivity index (χ3v) is 3.57. The van der Waals surface area contributed by atoms with E-state index in [0.717, 1.165) is 0 Å². The fourth-order valence-corrected chi connectivity index (χ4v) is 2.39. The number of halogens is 1. The first-order valence-electron chi connectivity index (χ1n) is 7.22. The minimum absolute atomic E-state index is 0.225. The Labute approximate surface area is 142 Å². The fraction of sp³-hybridized carbons (Fsp3) is 0.118. The normalized spacial score (nSPS) is 10.5. The van der Waals surface area contributed by atoms with E-state index in [-0.39, 0.29) is 11.4 Å². The Balaban J connectivity index is 2.24. The molecule has 0 saturated carbocycles. The van der Waals surface area contributed by atoms with Gasteiger partial charge in [-0.2, -0.15) is 0 Å². The minimum Gasteiger partial charge on any atom is -0.497 e. The van der Waals surface area contributed by atoms with Crippen molar-refractivity contribution in [3.8, 4) is 28.4 Å². The highest BCUT2D eigenvalue weighted by atomic mass is 19.1. The van der Waals surface area contributed by atoms with Crippen LogP contribution in [0.3, 0.4) is 0 Å². The molecule has 1 heterocycles. The summed E-state index contributed by atoms with van der Waals surface area (Å²) >= 11 is 0. The molecule has 7 nitrogen and oxygen atoms in total. The summed E-state index contributed by atoms with van der Waals surface area (Å²) in [6.45, 7) is 0. The molecule has 0 saturated heterocycles. The molecule has 0 spiro atoms. The van der Waals surface area contributed by atoms with Crippen LogP contribution in [0, 0.1) is 5.82 Å². The lowest BCUT2D eigenvalue weighted by atomic mass is 10.1. The van der Waals surface area contributed by atoms with E-state index in [1.54, 1.807) is 18.2 Å². The average molecular weight is 343 g/mol. The van der Waals surface area contributed by atoms with Crippen LogP contribution < -0.4 is 9.47 Å². The Bertz CT molecular complexity index is 900. The average Bonchev–Trinajstić information content (AvgIpc) is 3.07. The molecule has 8 heteroatoms. The van der Waals surface area contributed by atoms with Gasteiger partial charge in [0, 0.05) is 23.8 Å². The Hall–Kier alpha value is -3.42. The fourth-order valence-electron chi connectivity index (χ4n) is 2.39. The maximum Gasteiger partial charge on any atom is 0.358 e. The number of hydrogen-bond acceptors (Lipinski definition) is 5. The van der Waals surface area contributed by atoms with E-state index in [1.807, 2.05) is 0 Å². The van der Waals surface area contributed by atoms with Crippen LogP contribution in [0.4, 0.5) is 4.39 Å². The molecular formula is C17H14FN3O4. The monoisotopic (exact) mass is 343 g/mol. The predicted octanol–water partition coefficient (Wildman–Crippen LogP) is 2.79. The minimum atomic E-state index is -1.24. The Kier molecular flexibility index (Phi) is 4.34. The van der Waals surface area contributed by atoms with E-state index >= 15 is 0 Å². The summed E-state index contributed by atoms with van der Waals surface area (Å²) in [5.74, 6) is -0.651. The molecule has 0 aliphatic carbocycles. The zero-order valence-corrected chi connectivity index (χ0v) is 13.4. The molecule has 3 rings (SSSR count). The molecule has 2 aromatic carbocycles. The predicted molar refractivity (Wildman–Crippen MR) is 86.8 cm³/mol. The van der Waals surface area contributed by atoms with E-state index < -0.39 is 11.8 Å². The van der Waals surface area contributed by atoms with Gasteiger partial charge in [-0.3, -0.25) is 0 Å². The molecule has 0 unspecified atom stereocenters. The standard InChI is InChI=1S/C17H14FN3O4/c1-24-13-7-12(8-14(9-13)25-2)21-16(15(17(22)23)19-20-21)10-3-5-11(18)6-4-10/h3-9H,1-2H3,(H,22,23). The van der Waals surface area contributed by atoms with Crippen LogP contribution in [0.15, 0.2) is 42.5 Å². The lowest BCUT2D eigenvalue weighted by molar-refractivity contribution is 0.0691. The van der Waals surface area contributed by atoms with E-state index in [4.69, 9.17) is 9.47 Å². The second kappa shape index (κ2) is 6.60. The summed E-state index contributed by atoms with van der Waals surface area (Å²) in [6.07, 6.45) is 0. The van der Waals surface area contributed by atoms with Crippen molar-refractivity contribution in [2.24, 2.45) is 0 Å². The molecule has 25 heavy (non-hydrogen) atoms. The highest BCUT2D eigenvalue weighted by Gasteiger charge is 2.22. The van der Waals surface area contributed by atoms with Crippen molar-refractivity contribution < 1.29 is 23.8 Å². The quantitative estimate of drug-likeness (QED) is 0.767. The second-order valence-electron chi connectivity index (χ2n) is 5.08. The largest absolute Gasteiger partial charge is 0.497 e. The number of hydrogen-bond donors (Lipinski definition) is 1. The first-order chi connectivity index (χ1) is 12.0. The first kappa shape index (κ1) is 16.4. The van der Waals surface area contributed by atoms with Crippen LogP contribution in [-0.4, -0.2) is 40.3 Å². The first-order valence-corrected chi connectivity index (χ1v) is 7.22. The third kappa shape index (κ3) is 3.14. The molecule has 0 amide bonds. The van der Waals surface area contributed by atoms with Crippen LogP contribution in [0.1, 0.15) is 10.5 Å². The Morgan fingerprint density at radius 3 is 2.20 bits per heavy atom. The summed E-state index contributed by atoms with van der Waals surface area (Å²) in [6, 6.07) is 10.4. The number of carboxylic acids is 1. The number of ether oxygens (including phenoxy) is 2. The maximum absolute atomic E-state index is 13.2. The second-order valence-corrected chi connectivity index (χ2v) is 5.08. The number of methoxy groups -OCH3 is 2. The van der Waals surface area contributed by atoms with Crippen molar-refractivity contribution in [3.05, 3.63) is 54.0 Å². The molecule has 0 atom stereocenters. The zero-order valence-electron chi connectivity index (χ0n) is 13.4. The molecule has 0 aliphatic heterocycles. The van der Waals surface area contributed by atoms with Gasteiger partial charge < -0.3 is 14.6 Å². The van der Waals surface area contributed by atoms with Gasteiger partial charge in [-0.25, -0.2) is 13.9 Å². The SMILES string of the molecule is COc1cc(OC)cc(-n2nnc(C(=O)O)c2-c2ccc(F)cc2)c1. The third-order valence-electron chi connectivity index (χ3n) is 3.57. The molecule has 0 fully saturated rings. The van der Waals surface area contributed by atoms with Gasteiger partial charge in [-0.1, -0.05) is 5.21 Å². The molecule has 1 aromatic heterocycles. The summed E-state index contributed by atoms with van der Waals surface area (Å²) in [4.78, 5) is 11.5. The highest BCUT2D eigenvalue weighted by molar-refractivity contribution is 5.93. The van der Waals surface area contributed by atoms with Crippen LogP contribution in [-0.2, 0) is 0 Å². The number of aromatic nitrogens is 3. The van der Waals surface area contributed by atoms with Crippen LogP contribution in [0.5, 0.6) is 11.5 Å². The lowest BCUT2D eigenvalue weighted by Crippen LogP contribution is -2.04. The van der Waals surface area contributed by atoms with Crippen LogP contribution >= 0.6 is 0 Å². The van der Waals surface area contributed by atoms with E-state index in [0.29, 0.717) is 22.7 Å². The van der Waals surface area contributed by atoms with Crippen LogP contribution in [0.2, 0.25) is 0 Å². The van der Waals surface area contributed by atoms with Crippen molar-refractivity contribution in [2.45, 2.75) is 0 Å². The van der Waals surface area contributed by atoms with Crippen molar-refractivity contribution in [2.75, 3.05) is 14.2 Å². The number of carbonyl (C=O) groups is 1. The van der Waals surface area contributed by atoms with Crippen molar-refractivity contribution in [3.63, 3.8) is 0 Å². The number of benzene rings is 2. The molecule has 128 valence electrons. The highest BCUT2D eigenvalue weighted by Crippen LogP contribution is 2.30. The summed E-state index contributed by atoms with van der Waals surface area (Å²) < 4.78 is 25.0. The van der Waals surface area contributed by atoms with E-state index in [1.165, 1.54) is 43.2 Å². The number of nitrogens with zero attached hydrogens (tertiary/aromatic N) is 3. The molecule has 0 bridgehead atoms. The van der Waals surface area contributed by atoms with Gasteiger partial charge in [0.1, 0.15) is 23.0 Å². The molecule has 3 aromatic rings. The number of aromatic carboxylic acids is 1. The smallest absolute Gasteiger partial charge is 0.358 e. The summed E-state index contributed by atoms with van der Waals surface area (Å²) in [5, 5.41) is 17.1. The topological polar surface area (TPSA) is 86.5 Å².